The highest BCUT2D eigenvalue weighted by Gasteiger charge is 2.20. The van der Waals surface area contributed by atoms with Crippen LogP contribution in [0.1, 0.15) is 6.92 Å². The summed E-state index contributed by atoms with van der Waals surface area (Å²) >= 11 is 0. The van der Waals surface area contributed by atoms with Gasteiger partial charge in [0.15, 0.2) is 0 Å². The molecule has 0 bridgehead atoms. The van der Waals surface area contributed by atoms with E-state index in [-0.39, 0.29) is 12.0 Å². The Hall–Kier alpha value is -3.93. The molecular formula is C25H24N4O2. The van der Waals surface area contributed by atoms with E-state index < -0.39 is 0 Å². The van der Waals surface area contributed by atoms with Gasteiger partial charge >= 0.3 is 0 Å². The number of pyridine rings is 2. The van der Waals surface area contributed by atoms with Crippen molar-refractivity contribution < 1.29 is 9.53 Å². The highest BCUT2D eigenvalue weighted by molar-refractivity contribution is 6.02. The maximum atomic E-state index is 11.8. The minimum Gasteiger partial charge on any atom is -0.487 e. The normalized spacial score (nSPS) is 11.8. The molecule has 3 heterocycles. The van der Waals surface area contributed by atoms with Crippen molar-refractivity contribution in [3.63, 3.8) is 0 Å². The third-order valence-corrected chi connectivity index (χ3v) is 5.08. The number of aromatic nitrogens is 3. The molecule has 1 unspecified atom stereocenters. The zero-order valence-corrected chi connectivity index (χ0v) is 17.6. The molecule has 31 heavy (non-hydrogen) atoms. The number of hydrogen-bond acceptors (Lipinski definition) is 4. The van der Waals surface area contributed by atoms with Crippen molar-refractivity contribution in [3.8, 4) is 28.1 Å². The average molecular weight is 412 g/mol. The molecule has 0 saturated heterocycles. The van der Waals surface area contributed by atoms with Crippen molar-refractivity contribution in [1.82, 2.24) is 19.9 Å². The van der Waals surface area contributed by atoms with Crippen LogP contribution in [0.2, 0.25) is 0 Å². The van der Waals surface area contributed by atoms with Crippen molar-refractivity contribution in [2.45, 2.75) is 13.0 Å². The van der Waals surface area contributed by atoms with E-state index in [0.717, 1.165) is 33.4 Å². The van der Waals surface area contributed by atoms with E-state index in [0.29, 0.717) is 12.3 Å². The van der Waals surface area contributed by atoms with Gasteiger partial charge in [-0.15, -0.1) is 0 Å². The number of nitrogens with one attached hydrogen (secondary N) is 1. The summed E-state index contributed by atoms with van der Waals surface area (Å²) in [6.07, 6.45) is 6.30. The molecule has 4 aromatic rings. The molecule has 1 N–H and O–H groups in total. The molecule has 6 heteroatoms. The molecule has 0 fully saturated rings. The fraction of sp³-hybridized carbons (Fsp3) is 0.160. The van der Waals surface area contributed by atoms with Gasteiger partial charge in [0, 0.05) is 30.6 Å². The van der Waals surface area contributed by atoms with E-state index in [1.165, 1.54) is 6.08 Å². The summed E-state index contributed by atoms with van der Waals surface area (Å²) in [5, 5.41) is 0. The van der Waals surface area contributed by atoms with Gasteiger partial charge in [-0.1, -0.05) is 36.9 Å². The van der Waals surface area contributed by atoms with Gasteiger partial charge in [-0.3, -0.25) is 14.8 Å². The van der Waals surface area contributed by atoms with Crippen LogP contribution in [-0.4, -0.2) is 45.5 Å². The zero-order chi connectivity index (χ0) is 21.8. The minimum atomic E-state index is -0.237. The number of amides is 1. The molecule has 0 radical (unpaired) electrons. The predicted molar refractivity (Wildman–Crippen MR) is 123 cm³/mol. The maximum Gasteiger partial charge on any atom is 0.245 e. The van der Waals surface area contributed by atoms with Crippen LogP contribution in [0.25, 0.3) is 33.4 Å². The highest BCUT2D eigenvalue weighted by Crippen LogP contribution is 2.40. The molecule has 156 valence electrons. The number of rotatable bonds is 7. The first kappa shape index (κ1) is 20.3. The largest absolute Gasteiger partial charge is 0.487 e. The van der Waals surface area contributed by atoms with E-state index in [1.807, 2.05) is 43.3 Å². The summed E-state index contributed by atoms with van der Waals surface area (Å²) in [4.78, 5) is 25.8. The van der Waals surface area contributed by atoms with Crippen LogP contribution in [-0.2, 0) is 4.79 Å². The molecule has 3 aromatic heterocycles. The number of aromatic amines is 1. The first-order chi connectivity index (χ1) is 15.1. The summed E-state index contributed by atoms with van der Waals surface area (Å²) in [7, 11) is 1.73. The second-order valence-electron chi connectivity index (χ2n) is 7.36. The van der Waals surface area contributed by atoms with Crippen LogP contribution in [0.15, 0.2) is 79.8 Å². The van der Waals surface area contributed by atoms with Crippen molar-refractivity contribution in [2.24, 2.45) is 0 Å². The maximum absolute atomic E-state index is 11.8. The number of carbonyl (C=O) groups excluding carboxylic acids is 1. The summed E-state index contributed by atoms with van der Waals surface area (Å²) in [5.74, 6) is 0.494. The molecular weight excluding hydrogens is 388 g/mol. The number of nitrogens with zero attached hydrogens (tertiary/aromatic N) is 3. The number of hydrogen-bond donors (Lipinski definition) is 1. The number of likely N-dealkylation sites (N-methyl/N-ethyl adjacent to an activating group) is 1. The van der Waals surface area contributed by atoms with Crippen LogP contribution < -0.4 is 4.74 Å². The Labute approximate surface area is 181 Å². The summed E-state index contributed by atoms with van der Waals surface area (Å²) in [5.41, 5.74) is 5.73. The van der Waals surface area contributed by atoms with Gasteiger partial charge in [0.25, 0.3) is 0 Å². The lowest BCUT2D eigenvalue weighted by atomic mass is 10.0. The topological polar surface area (TPSA) is 71.1 Å². The SMILES string of the molecule is C=CC(=O)N(C)CC(C)Oc1cnccc1-c1[nH]c2cccnc2c1-c1ccccc1. The Bertz CT molecular complexity index is 1220. The summed E-state index contributed by atoms with van der Waals surface area (Å²) < 4.78 is 6.22. The van der Waals surface area contributed by atoms with E-state index in [4.69, 9.17) is 4.74 Å². The fourth-order valence-corrected chi connectivity index (χ4v) is 3.67. The minimum absolute atomic E-state index is 0.144. The Morgan fingerprint density at radius 2 is 2.00 bits per heavy atom. The van der Waals surface area contributed by atoms with Gasteiger partial charge in [0.1, 0.15) is 11.9 Å². The molecule has 0 saturated carbocycles. The lowest BCUT2D eigenvalue weighted by Gasteiger charge is -2.22. The third kappa shape index (κ3) is 4.19. The zero-order valence-electron chi connectivity index (χ0n) is 17.6. The van der Waals surface area contributed by atoms with Crippen molar-refractivity contribution in [1.29, 1.82) is 0 Å². The smallest absolute Gasteiger partial charge is 0.245 e. The van der Waals surface area contributed by atoms with Crippen LogP contribution in [0.5, 0.6) is 5.75 Å². The van der Waals surface area contributed by atoms with Gasteiger partial charge in [-0.05, 0) is 36.8 Å². The standard InChI is InChI=1S/C25H24N4O2/c1-4-22(30)29(3)16-17(2)31-21-15-26-14-12-19(21)24-23(18-9-6-5-7-10-18)25-20(28-24)11-8-13-27-25/h4-15,17,28H,1,16H2,2-3H3. The number of benzene rings is 1. The Kier molecular flexibility index (Phi) is 5.80. The number of ether oxygens (including phenoxy) is 1. The van der Waals surface area contributed by atoms with Crippen LogP contribution in [0.3, 0.4) is 0 Å². The Morgan fingerprint density at radius 1 is 1.19 bits per heavy atom. The quantitative estimate of drug-likeness (QED) is 0.447. The molecule has 0 spiro atoms. The first-order valence-corrected chi connectivity index (χ1v) is 10.1. The molecule has 1 amide bonds. The Balaban J connectivity index is 1.76. The molecule has 4 rings (SSSR count). The Morgan fingerprint density at radius 3 is 2.77 bits per heavy atom. The van der Waals surface area contributed by atoms with E-state index in [1.54, 1.807) is 30.5 Å². The van der Waals surface area contributed by atoms with Gasteiger partial charge in [-0.25, -0.2) is 0 Å². The van der Waals surface area contributed by atoms with Crippen molar-refractivity contribution >= 4 is 16.9 Å². The van der Waals surface area contributed by atoms with Crippen LogP contribution in [0.4, 0.5) is 0 Å². The molecule has 0 aliphatic carbocycles. The van der Waals surface area contributed by atoms with Gasteiger partial charge < -0.3 is 14.6 Å². The summed E-state index contributed by atoms with van der Waals surface area (Å²) in [6.45, 7) is 5.89. The van der Waals surface area contributed by atoms with Crippen LogP contribution in [0, 0.1) is 0 Å². The number of carbonyl (C=O) groups is 1. The first-order valence-electron chi connectivity index (χ1n) is 10.1. The second kappa shape index (κ2) is 8.83. The highest BCUT2D eigenvalue weighted by atomic mass is 16.5. The third-order valence-electron chi connectivity index (χ3n) is 5.08. The lowest BCUT2D eigenvalue weighted by molar-refractivity contribution is -0.125. The van der Waals surface area contributed by atoms with Crippen molar-refractivity contribution in [3.05, 3.63) is 79.8 Å². The molecule has 0 aliphatic rings. The van der Waals surface area contributed by atoms with Gasteiger partial charge in [-0.2, -0.15) is 0 Å². The predicted octanol–water partition coefficient (Wildman–Crippen LogP) is 4.70. The van der Waals surface area contributed by atoms with E-state index in [2.05, 4.69) is 33.7 Å². The van der Waals surface area contributed by atoms with E-state index >= 15 is 0 Å². The van der Waals surface area contributed by atoms with E-state index in [9.17, 15) is 4.79 Å². The average Bonchev–Trinajstić information content (AvgIpc) is 3.18. The van der Waals surface area contributed by atoms with Crippen molar-refractivity contribution in [2.75, 3.05) is 13.6 Å². The molecule has 1 atom stereocenters. The number of fused-ring (bicyclic) bond motifs is 1. The molecule has 1 aromatic carbocycles. The second-order valence-corrected chi connectivity index (χ2v) is 7.36. The van der Waals surface area contributed by atoms with Crippen LogP contribution >= 0.6 is 0 Å². The monoisotopic (exact) mass is 412 g/mol. The summed E-state index contributed by atoms with van der Waals surface area (Å²) in [6, 6.07) is 16.0. The molecule has 0 aliphatic heterocycles. The lowest BCUT2D eigenvalue weighted by Crippen LogP contribution is -2.34. The number of H-pyrrole nitrogens is 1. The molecule has 6 nitrogen and oxygen atoms in total. The fourth-order valence-electron chi connectivity index (χ4n) is 3.67. The van der Waals surface area contributed by atoms with Gasteiger partial charge in [0.2, 0.25) is 5.91 Å². The van der Waals surface area contributed by atoms with Gasteiger partial charge in [0.05, 0.1) is 29.5 Å².